The number of thiophene rings is 1. The van der Waals surface area contributed by atoms with E-state index >= 15 is 0 Å². The number of amides is 1. The Labute approximate surface area is 83.8 Å². The number of aromatic nitrogens is 2. The van der Waals surface area contributed by atoms with Crippen LogP contribution in [0.15, 0.2) is 17.6 Å². The van der Waals surface area contributed by atoms with Gasteiger partial charge >= 0.3 is 0 Å². The van der Waals surface area contributed by atoms with E-state index in [0.717, 1.165) is 10.2 Å². The first kappa shape index (κ1) is 9.04. The summed E-state index contributed by atoms with van der Waals surface area (Å²) in [5.74, 6) is -0.353. The number of fused-ring (bicyclic) bond motifs is 1. The molecule has 0 aromatic carbocycles. The van der Waals surface area contributed by atoms with Gasteiger partial charge in [0.1, 0.15) is 10.9 Å². The summed E-state index contributed by atoms with van der Waals surface area (Å²) in [7, 11) is 0. The van der Waals surface area contributed by atoms with Crippen molar-refractivity contribution >= 4 is 27.5 Å². The zero-order chi connectivity index (χ0) is 10.1. The molecule has 2 heterocycles. The highest BCUT2D eigenvalue weighted by atomic mass is 32.1. The smallest absolute Gasteiger partial charge is 0.242 e. The van der Waals surface area contributed by atoms with Gasteiger partial charge in [-0.2, -0.15) is 0 Å². The molecule has 6 heteroatoms. The Morgan fingerprint density at radius 1 is 1.57 bits per heavy atom. The molecule has 1 atom stereocenters. The highest BCUT2D eigenvalue weighted by Crippen LogP contribution is 2.18. The third-order valence-electron chi connectivity index (χ3n) is 1.81. The molecule has 4 N–H and O–H groups in total. The van der Waals surface area contributed by atoms with Crippen molar-refractivity contribution in [3.8, 4) is 0 Å². The summed E-state index contributed by atoms with van der Waals surface area (Å²) in [6.45, 7) is 0. The minimum atomic E-state index is -0.929. The van der Waals surface area contributed by atoms with E-state index in [1.807, 2.05) is 11.4 Å². The van der Waals surface area contributed by atoms with Gasteiger partial charge in [-0.15, -0.1) is 11.3 Å². The molecule has 1 amide bonds. The van der Waals surface area contributed by atoms with Crippen LogP contribution < -0.4 is 11.5 Å². The molecule has 2 aromatic heterocycles. The zero-order valence-electron chi connectivity index (χ0n) is 7.18. The van der Waals surface area contributed by atoms with Crippen molar-refractivity contribution in [1.29, 1.82) is 0 Å². The van der Waals surface area contributed by atoms with E-state index in [-0.39, 0.29) is 5.82 Å². The summed E-state index contributed by atoms with van der Waals surface area (Å²) in [5, 5.41) is 2.84. The molecule has 0 fully saturated rings. The first-order valence-corrected chi connectivity index (χ1v) is 4.81. The number of rotatable bonds is 2. The maximum absolute atomic E-state index is 10.8. The lowest BCUT2D eigenvalue weighted by Crippen LogP contribution is -2.29. The predicted octanol–water partition coefficient (Wildman–Crippen LogP) is 0.176. The van der Waals surface area contributed by atoms with Crippen molar-refractivity contribution in [3.05, 3.63) is 23.5 Å². The van der Waals surface area contributed by atoms with Crippen LogP contribution in [0.5, 0.6) is 0 Å². The molecule has 1 unspecified atom stereocenters. The Morgan fingerprint density at radius 2 is 2.36 bits per heavy atom. The van der Waals surface area contributed by atoms with Gasteiger partial charge in [-0.05, 0) is 11.4 Å². The van der Waals surface area contributed by atoms with Crippen molar-refractivity contribution in [2.24, 2.45) is 11.5 Å². The van der Waals surface area contributed by atoms with E-state index in [1.54, 1.807) is 6.20 Å². The van der Waals surface area contributed by atoms with E-state index in [1.165, 1.54) is 11.3 Å². The highest BCUT2D eigenvalue weighted by molar-refractivity contribution is 7.16. The monoisotopic (exact) mass is 208 g/mol. The quantitative estimate of drug-likeness (QED) is 0.735. The zero-order valence-corrected chi connectivity index (χ0v) is 7.99. The molecule has 2 aromatic rings. The number of hydrogen-bond acceptors (Lipinski definition) is 5. The highest BCUT2D eigenvalue weighted by Gasteiger charge is 2.15. The number of carbonyl (C=O) groups is 1. The first-order valence-electron chi connectivity index (χ1n) is 3.93. The number of hydrogen-bond donors (Lipinski definition) is 2. The molecule has 2 rings (SSSR count). The summed E-state index contributed by atoms with van der Waals surface area (Å²) in [6.07, 6.45) is 1.64. The van der Waals surface area contributed by atoms with E-state index in [4.69, 9.17) is 11.5 Å². The van der Waals surface area contributed by atoms with Crippen LogP contribution in [0.25, 0.3) is 10.2 Å². The van der Waals surface area contributed by atoms with Gasteiger partial charge in [0, 0.05) is 11.6 Å². The molecule has 0 aliphatic heterocycles. The van der Waals surface area contributed by atoms with Gasteiger partial charge in [0.15, 0.2) is 5.82 Å². The third-order valence-corrected chi connectivity index (χ3v) is 2.63. The molecular formula is C8H8N4OS. The number of carbonyl (C=O) groups excluding carboxylic acids is 1. The second-order valence-corrected chi connectivity index (χ2v) is 3.68. The Hall–Kier alpha value is -1.53. The molecule has 0 aliphatic rings. The molecule has 0 aliphatic carbocycles. The molecule has 0 saturated carbocycles. The average Bonchev–Trinajstić information content (AvgIpc) is 2.62. The fourth-order valence-electron chi connectivity index (χ4n) is 1.05. The number of nitrogens with zero attached hydrogens (tertiary/aromatic N) is 2. The van der Waals surface area contributed by atoms with Crippen molar-refractivity contribution in [2.45, 2.75) is 6.04 Å². The molecule has 72 valence electrons. The first-order chi connectivity index (χ1) is 6.68. The van der Waals surface area contributed by atoms with Crippen LogP contribution in [-0.4, -0.2) is 15.9 Å². The fraction of sp³-hybridized carbons (Fsp3) is 0.125. The van der Waals surface area contributed by atoms with Gasteiger partial charge in [-0.1, -0.05) is 0 Å². The summed E-state index contributed by atoms with van der Waals surface area (Å²) >= 11 is 1.47. The molecular weight excluding hydrogens is 200 g/mol. The van der Waals surface area contributed by atoms with Crippen LogP contribution >= 0.6 is 11.3 Å². The van der Waals surface area contributed by atoms with Crippen LogP contribution in [0.1, 0.15) is 11.9 Å². The molecule has 14 heavy (non-hydrogen) atoms. The minimum Gasteiger partial charge on any atom is -0.368 e. The Kier molecular flexibility index (Phi) is 2.14. The second-order valence-electron chi connectivity index (χ2n) is 2.79. The van der Waals surface area contributed by atoms with Gasteiger partial charge in [0.05, 0.1) is 0 Å². The largest absolute Gasteiger partial charge is 0.368 e. The maximum atomic E-state index is 10.8. The van der Waals surface area contributed by atoms with Crippen molar-refractivity contribution in [2.75, 3.05) is 0 Å². The maximum Gasteiger partial charge on any atom is 0.242 e. The number of primary amides is 1. The van der Waals surface area contributed by atoms with Crippen molar-refractivity contribution in [1.82, 2.24) is 9.97 Å². The van der Waals surface area contributed by atoms with Crippen LogP contribution in [-0.2, 0) is 4.79 Å². The summed E-state index contributed by atoms with van der Waals surface area (Å²) in [5.41, 5.74) is 10.5. The lowest BCUT2D eigenvalue weighted by molar-refractivity contribution is -0.119. The van der Waals surface area contributed by atoms with Crippen LogP contribution in [0.2, 0.25) is 0 Å². The summed E-state index contributed by atoms with van der Waals surface area (Å²) in [4.78, 5) is 19.7. The molecule has 5 nitrogen and oxygen atoms in total. The van der Waals surface area contributed by atoms with Gasteiger partial charge in [-0.25, -0.2) is 9.97 Å². The van der Waals surface area contributed by atoms with E-state index in [2.05, 4.69) is 9.97 Å². The Bertz CT molecular complexity index is 481. The molecule has 0 spiro atoms. The number of nitrogens with two attached hydrogens (primary N) is 2. The van der Waals surface area contributed by atoms with Crippen molar-refractivity contribution < 1.29 is 4.79 Å². The lowest BCUT2D eigenvalue weighted by Gasteiger charge is -2.04. The minimum absolute atomic E-state index is 0.271. The van der Waals surface area contributed by atoms with Crippen molar-refractivity contribution in [3.63, 3.8) is 0 Å². The van der Waals surface area contributed by atoms with Crippen LogP contribution in [0.4, 0.5) is 0 Å². The van der Waals surface area contributed by atoms with Gasteiger partial charge < -0.3 is 11.5 Å². The predicted molar refractivity (Wildman–Crippen MR) is 53.5 cm³/mol. The summed E-state index contributed by atoms with van der Waals surface area (Å²) in [6, 6.07) is 0.973. The van der Waals surface area contributed by atoms with Gasteiger partial charge in [0.25, 0.3) is 0 Å². The fourth-order valence-corrected chi connectivity index (χ4v) is 1.79. The van der Waals surface area contributed by atoms with Gasteiger partial charge in [-0.3, -0.25) is 4.79 Å². The van der Waals surface area contributed by atoms with Crippen LogP contribution in [0, 0.1) is 0 Å². The molecule has 0 saturated heterocycles. The van der Waals surface area contributed by atoms with E-state index in [0.29, 0.717) is 0 Å². The van der Waals surface area contributed by atoms with E-state index < -0.39 is 11.9 Å². The lowest BCUT2D eigenvalue weighted by atomic mass is 10.3. The SMILES string of the molecule is NC(=O)C(N)c1ncc2ccsc2n1. The Morgan fingerprint density at radius 3 is 3.07 bits per heavy atom. The average molecular weight is 208 g/mol. The van der Waals surface area contributed by atoms with Crippen LogP contribution in [0.3, 0.4) is 0 Å². The Balaban J connectivity index is 2.48. The molecule has 0 bridgehead atoms. The standard InChI is InChI=1S/C8H8N4OS/c9-5(6(10)13)7-11-3-4-1-2-14-8(4)12-7/h1-3,5H,9H2,(H2,10,13). The summed E-state index contributed by atoms with van der Waals surface area (Å²) < 4.78 is 0. The third kappa shape index (κ3) is 1.45. The van der Waals surface area contributed by atoms with E-state index in [9.17, 15) is 4.79 Å². The normalized spacial score (nSPS) is 12.9. The van der Waals surface area contributed by atoms with Gasteiger partial charge in [0.2, 0.25) is 5.91 Å². The second kappa shape index (κ2) is 3.32. The topological polar surface area (TPSA) is 94.9 Å². The molecule has 0 radical (unpaired) electrons.